The van der Waals surface area contributed by atoms with Crippen LogP contribution >= 0.6 is 0 Å². The van der Waals surface area contributed by atoms with Crippen LogP contribution in [-0.2, 0) is 5.92 Å². The van der Waals surface area contributed by atoms with E-state index in [4.69, 9.17) is 5.11 Å². The number of oxazole rings is 1. The van der Waals surface area contributed by atoms with E-state index in [1.54, 1.807) is 0 Å². The summed E-state index contributed by atoms with van der Waals surface area (Å²) in [4.78, 5) is 13.8. The molecule has 0 fully saturated rings. The van der Waals surface area contributed by atoms with E-state index in [2.05, 4.69) is 9.40 Å². The summed E-state index contributed by atoms with van der Waals surface area (Å²) in [5.41, 5.74) is -1.57. The van der Waals surface area contributed by atoms with Crippen molar-refractivity contribution >= 4 is 17.1 Å². The summed E-state index contributed by atoms with van der Waals surface area (Å²) in [6, 6.07) is 3.23. The quantitative estimate of drug-likeness (QED) is 0.859. The molecule has 9 heteroatoms. The van der Waals surface area contributed by atoms with Gasteiger partial charge in [-0.25, -0.2) is 9.78 Å². The van der Waals surface area contributed by atoms with Gasteiger partial charge in [0.25, 0.3) is 5.89 Å². The highest BCUT2D eigenvalue weighted by Gasteiger charge is 2.62. The first-order valence-corrected chi connectivity index (χ1v) is 4.72. The molecule has 0 radical (unpaired) electrons. The largest absolute Gasteiger partial charge is 0.478 e. The predicted octanol–water partition coefficient (Wildman–Crippen LogP) is 3.18. The summed E-state index contributed by atoms with van der Waals surface area (Å²) >= 11 is 0. The Morgan fingerprint density at radius 2 is 1.84 bits per heavy atom. The van der Waals surface area contributed by atoms with Crippen LogP contribution in [-0.4, -0.2) is 22.2 Å². The second kappa shape index (κ2) is 3.90. The van der Waals surface area contributed by atoms with Crippen LogP contribution in [0.15, 0.2) is 22.6 Å². The highest BCUT2D eigenvalue weighted by atomic mass is 19.4. The molecule has 19 heavy (non-hydrogen) atoms. The molecule has 1 heterocycles. The zero-order valence-corrected chi connectivity index (χ0v) is 8.83. The van der Waals surface area contributed by atoms with Crippen molar-refractivity contribution in [2.45, 2.75) is 12.1 Å². The second-order valence-corrected chi connectivity index (χ2v) is 3.55. The summed E-state index contributed by atoms with van der Waals surface area (Å²) in [5.74, 6) is -8.70. The van der Waals surface area contributed by atoms with Crippen molar-refractivity contribution < 1.29 is 36.3 Å². The Hall–Kier alpha value is -2.19. The lowest BCUT2D eigenvalue weighted by Gasteiger charge is -2.15. The van der Waals surface area contributed by atoms with E-state index >= 15 is 0 Å². The van der Waals surface area contributed by atoms with E-state index in [9.17, 15) is 26.7 Å². The maximum Gasteiger partial charge on any atom is 0.463 e. The van der Waals surface area contributed by atoms with E-state index in [-0.39, 0.29) is 5.52 Å². The molecule has 0 bridgehead atoms. The molecular weight excluding hydrogens is 277 g/mol. The van der Waals surface area contributed by atoms with Gasteiger partial charge < -0.3 is 9.52 Å². The Morgan fingerprint density at radius 1 is 1.21 bits per heavy atom. The van der Waals surface area contributed by atoms with Crippen molar-refractivity contribution in [1.29, 1.82) is 0 Å². The van der Waals surface area contributed by atoms with Gasteiger partial charge in [-0.15, -0.1) is 0 Å². The first-order chi connectivity index (χ1) is 8.64. The lowest BCUT2D eigenvalue weighted by Crippen LogP contribution is -2.33. The van der Waals surface area contributed by atoms with Crippen LogP contribution in [0.4, 0.5) is 22.0 Å². The number of aromatic nitrogens is 1. The SMILES string of the molecule is O=C(O)c1cccc2nc(C(F)(F)C(F)(F)F)oc12. The Balaban J connectivity index is 2.66. The van der Waals surface area contributed by atoms with Gasteiger partial charge in [0.2, 0.25) is 0 Å². The maximum atomic E-state index is 13.0. The number of carboxylic acid groups (broad SMARTS) is 1. The summed E-state index contributed by atoms with van der Waals surface area (Å²) in [5, 5.41) is 8.76. The van der Waals surface area contributed by atoms with Gasteiger partial charge in [0, 0.05) is 0 Å². The van der Waals surface area contributed by atoms with E-state index in [0.717, 1.165) is 18.2 Å². The molecule has 0 saturated heterocycles. The van der Waals surface area contributed by atoms with E-state index < -0.39 is 35.1 Å². The number of nitrogens with zero attached hydrogens (tertiary/aromatic N) is 1. The number of para-hydroxylation sites is 1. The number of benzene rings is 1. The molecular formula is C10H4F5NO3. The van der Waals surface area contributed by atoms with Gasteiger partial charge in [0.05, 0.1) is 0 Å². The molecule has 0 amide bonds. The fourth-order valence-corrected chi connectivity index (χ4v) is 1.37. The minimum atomic E-state index is -5.88. The number of halogens is 5. The van der Waals surface area contributed by atoms with Crippen molar-refractivity contribution in [3.63, 3.8) is 0 Å². The van der Waals surface area contributed by atoms with Crippen LogP contribution in [0.1, 0.15) is 16.2 Å². The van der Waals surface area contributed by atoms with Crippen molar-refractivity contribution in [2.75, 3.05) is 0 Å². The van der Waals surface area contributed by atoms with Crippen molar-refractivity contribution in [2.24, 2.45) is 0 Å². The van der Waals surface area contributed by atoms with Gasteiger partial charge in [-0.1, -0.05) is 6.07 Å². The smallest absolute Gasteiger partial charge is 0.463 e. The van der Waals surface area contributed by atoms with Crippen LogP contribution in [0.5, 0.6) is 0 Å². The third-order valence-electron chi connectivity index (χ3n) is 2.27. The molecule has 0 aliphatic heterocycles. The topological polar surface area (TPSA) is 63.3 Å². The highest BCUT2D eigenvalue weighted by Crippen LogP contribution is 2.44. The highest BCUT2D eigenvalue weighted by molar-refractivity contribution is 5.99. The second-order valence-electron chi connectivity index (χ2n) is 3.55. The van der Waals surface area contributed by atoms with Gasteiger partial charge >= 0.3 is 18.1 Å². The van der Waals surface area contributed by atoms with E-state index in [1.807, 2.05) is 0 Å². The molecule has 4 nitrogen and oxygen atoms in total. The Morgan fingerprint density at radius 3 is 2.37 bits per heavy atom. The number of carbonyl (C=O) groups is 1. The first kappa shape index (κ1) is 13.2. The summed E-state index contributed by atoms with van der Waals surface area (Å²) in [7, 11) is 0. The molecule has 1 N–H and O–H groups in total. The summed E-state index contributed by atoms with van der Waals surface area (Å²) in [6.07, 6.45) is -5.88. The lowest BCUT2D eigenvalue weighted by atomic mass is 10.2. The van der Waals surface area contributed by atoms with E-state index in [0.29, 0.717) is 0 Å². The molecule has 2 aromatic rings. The van der Waals surface area contributed by atoms with E-state index in [1.165, 1.54) is 0 Å². The van der Waals surface area contributed by atoms with Crippen LogP contribution in [0.25, 0.3) is 11.1 Å². The number of aromatic carboxylic acids is 1. The standard InChI is InChI=1S/C10H4F5NO3/c11-9(12,10(13,14)15)8-16-5-3-1-2-4(7(17)18)6(5)19-8/h1-3H,(H,17,18). The molecule has 0 unspecified atom stereocenters. The normalized spacial score (nSPS) is 12.9. The van der Waals surface area contributed by atoms with Crippen LogP contribution in [0.3, 0.4) is 0 Å². The van der Waals surface area contributed by atoms with Gasteiger partial charge in [0.15, 0.2) is 5.58 Å². The lowest BCUT2D eigenvalue weighted by molar-refractivity contribution is -0.297. The molecule has 0 saturated carbocycles. The molecule has 0 spiro atoms. The molecule has 0 aliphatic carbocycles. The first-order valence-electron chi connectivity index (χ1n) is 4.72. The Kier molecular flexibility index (Phi) is 2.72. The number of rotatable bonds is 2. The molecule has 0 atom stereocenters. The number of carboxylic acids is 1. The third-order valence-corrected chi connectivity index (χ3v) is 2.27. The Labute approximate surface area is 101 Å². The van der Waals surface area contributed by atoms with Crippen LogP contribution in [0, 0.1) is 0 Å². The predicted molar refractivity (Wildman–Crippen MR) is 50.9 cm³/mol. The number of hydrogen-bond acceptors (Lipinski definition) is 3. The number of fused-ring (bicyclic) bond motifs is 1. The van der Waals surface area contributed by atoms with Crippen LogP contribution < -0.4 is 0 Å². The fraction of sp³-hybridized carbons (Fsp3) is 0.200. The maximum absolute atomic E-state index is 13.0. The summed E-state index contributed by atoms with van der Waals surface area (Å²) < 4.78 is 66.7. The number of alkyl halides is 5. The third kappa shape index (κ3) is 2.00. The van der Waals surface area contributed by atoms with Crippen molar-refractivity contribution in [3.8, 4) is 0 Å². The molecule has 2 rings (SSSR count). The van der Waals surface area contributed by atoms with Gasteiger partial charge in [-0.3, -0.25) is 0 Å². The Bertz CT molecular complexity index is 646. The average Bonchev–Trinajstić information content (AvgIpc) is 2.70. The van der Waals surface area contributed by atoms with Gasteiger partial charge in [-0.05, 0) is 12.1 Å². The number of hydrogen-bond donors (Lipinski definition) is 1. The minimum Gasteiger partial charge on any atom is -0.478 e. The molecule has 102 valence electrons. The fourth-order valence-electron chi connectivity index (χ4n) is 1.37. The molecule has 1 aromatic carbocycles. The zero-order chi connectivity index (χ0) is 14.4. The van der Waals surface area contributed by atoms with Gasteiger partial charge in [-0.2, -0.15) is 22.0 Å². The summed E-state index contributed by atoms with van der Waals surface area (Å²) in [6.45, 7) is 0. The van der Waals surface area contributed by atoms with Crippen molar-refractivity contribution in [1.82, 2.24) is 4.98 Å². The average molecular weight is 281 g/mol. The van der Waals surface area contributed by atoms with Gasteiger partial charge in [0.1, 0.15) is 11.1 Å². The van der Waals surface area contributed by atoms with Crippen molar-refractivity contribution in [3.05, 3.63) is 29.7 Å². The minimum absolute atomic E-state index is 0.390. The monoisotopic (exact) mass is 281 g/mol. The zero-order valence-electron chi connectivity index (χ0n) is 8.83. The molecule has 0 aliphatic rings. The molecule has 1 aromatic heterocycles. The van der Waals surface area contributed by atoms with Crippen LogP contribution in [0.2, 0.25) is 0 Å².